The molecule has 10 nitrogen and oxygen atoms in total. The molecule has 1 amide bonds. The molecule has 172 valence electrons. The van der Waals surface area contributed by atoms with Crippen LogP contribution in [-0.4, -0.2) is 75.7 Å². The minimum atomic E-state index is -3.70. The van der Waals surface area contributed by atoms with E-state index in [1.165, 1.54) is 40.3 Å². The zero-order valence-corrected chi connectivity index (χ0v) is 19.2. The van der Waals surface area contributed by atoms with E-state index < -0.39 is 10.0 Å². The van der Waals surface area contributed by atoms with Gasteiger partial charge in [-0.3, -0.25) is 9.59 Å². The van der Waals surface area contributed by atoms with Crippen LogP contribution in [-0.2, 0) is 21.4 Å². The zero-order chi connectivity index (χ0) is 23.6. The number of aromatic nitrogens is 4. The molecule has 1 aromatic heterocycles. The summed E-state index contributed by atoms with van der Waals surface area (Å²) in [6, 6.07) is 13.5. The van der Waals surface area contributed by atoms with Gasteiger partial charge in [0.05, 0.1) is 4.90 Å². The number of aryl methyl sites for hydroxylation is 1. The normalized spacial score (nSPS) is 14.9. The third-order valence-electron chi connectivity index (χ3n) is 5.61. The maximum Gasteiger partial charge on any atom is 0.246 e. The molecule has 0 saturated carbocycles. The summed E-state index contributed by atoms with van der Waals surface area (Å²) in [5.74, 6) is 0.123. The molecule has 2 aromatic carbocycles. The van der Waals surface area contributed by atoms with E-state index in [4.69, 9.17) is 0 Å². The largest absolute Gasteiger partial charge is 0.338 e. The van der Waals surface area contributed by atoms with Gasteiger partial charge in [-0.25, -0.2) is 8.42 Å². The van der Waals surface area contributed by atoms with Crippen LogP contribution >= 0.6 is 0 Å². The van der Waals surface area contributed by atoms with E-state index in [0.29, 0.717) is 11.4 Å². The van der Waals surface area contributed by atoms with Crippen LogP contribution in [0.1, 0.15) is 22.8 Å². The second kappa shape index (κ2) is 9.20. The summed E-state index contributed by atoms with van der Waals surface area (Å²) in [6.45, 7) is 4.21. The highest BCUT2D eigenvalue weighted by Gasteiger charge is 2.30. The highest BCUT2D eigenvalue weighted by Crippen LogP contribution is 2.20. The number of carbonyl (C=O) groups excluding carboxylic acids is 2. The van der Waals surface area contributed by atoms with Gasteiger partial charge in [-0.2, -0.15) is 9.10 Å². The van der Waals surface area contributed by atoms with Crippen LogP contribution in [0.4, 0.5) is 0 Å². The highest BCUT2D eigenvalue weighted by atomic mass is 32.2. The Balaban J connectivity index is 1.36. The lowest BCUT2D eigenvalue weighted by Crippen LogP contribution is -2.51. The number of nitrogens with zero attached hydrogens (tertiary/aromatic N) is 6. The maximum atomic E-state index is 12.9. The number of carbonyl (C=O) groups is 2. The molecule has 4 rings (SSSR count). The van der Waals surface area contributed by atoms with Gasteiger partial charge < -0.3 is 4.90 Å². The van der Waals surface area contributed by atoms with Crippen molar-refractivity contribution in [2.24, 2.45) is 0 Å². The van der Waals surface area contributed by atoms with Crippen molar-refractivity contribution in [2.75, 3.05) is 26.2 Å². The molecule has 0 unspecified atom stereocenters. The number of amides is 1. The summed E-state index contributed by atoms with van der Waals surface area (Å²) in [7, 11) is -3.70. The fourth-order valence-electron chi connectivity index (χ4n) is 3.65. The SMILES string of the molecule is CC(=O)c1ccc(S(=O)(=O)N2CCN(C(=O)Cn3nnc(-c4ccccc4C)n3)CC2)cc1. The van der Waals surface area contributed by atoms with Crippen molar-refractivity contribution in [3.05, 3.63) is 59.7 Å². The van der Waals surface area contributed by atoms with Crippen LogP contribution in [0.3, 0.4) is 0 Å². The summed E-state index contributed by atoms with van der Waals surface area (Å²) >= 11 is 0. The predicted molar refractivity (Wildman–Crippen MR) is 120 cm³/mol. The number of sulfonamides is 1. The molecule has 1 aliphatic rings. The Morgan fingerprint density at radius 1 is 0.970 bits per heavy atom. The molecule has 1 fully saturated rings. The van der Waals surface area contributed by atoms with E-state index >= 15 is 0 Å². The lowest BCUT2D eigenvalue weighted by atomic mass is 10.1. The molecule has 0 N–H and O–H groups in total. The molecule has 33 heavy (non-hydrogen) atoms. The summed E-state index contributed by atoms with van der Waals surface area (Å²) in [5, 5.41) is 12.3. The van der Waals surface area contributed by atoms with Gasteiger partial charge >= 0.3 is 0 Å². The van der Waals surface area contributed by atoms with Crippen LogP contribution in [0.25, 0.3) is 11.4 Å². The van der Waals surface area contributed by atoms with E-state index in [2.05, 4.69) is 15.4 Å². The summed E-state index contributed by atoms with van der Waals surface area (Å²) in [4.78, 5) is 27.1. The molecule has 2 heterocycles. The number of ketones is 1. The van der Waals surface area contributed by atoms with Gasteiger partial charge in [-0.15, -0.1) is 10.2 Å². The first-order valence-corrected chi connectivity index (χ1v) is 11.9. The quantitative estimate of drug-likeness (QED) is 0.502. The smallest absolute Gasteiger partial charge is 0.246 e. The molecule has 0 radical (unpaired) electrons. The molecule has 3 aromatic rings. The minimum absolute atomic E-state index is 0.0713. The monoisotopic (exact) mass is 468 g/mol. The second-order valence-corrected chi connectivity index (χ2v) is 9.76. The average Bonchev–Trinajstić information content (AvgIpc) is 3.27. The van der Waals surface area contributed by atoms with Crippen LogP contribution in [0.2, 0.25) is 0 Å². The molecule has 1 saturated heterocycles. The molecule has 0 spiro atoms. The summed E-state index contributed by atoms with van der Waals surface area (Å²) in [6.07, 6.45) is 0. The standard InChI is InChI=1S/C22H24N6O4S/c1-16-5-3-4-6-20(16)22-23-25-28(24-22)15-21(30)26-11-13-27(14-12-26)33(31,32)19-9-7-18(8-10-19)17(2)29/h3-10H,11-15H2,1-2H3. The van der Waals surface area contributed by atoms with Crippen LogP contribution < -0.4 is 0 Å². The van der Waals surface area contributed by atoms with Gasteiger partial charge in [0.2, 0.25) is 21.8 Å². The number of hydrogen-bond donors (Lipinski definition) is 0. The molecule has 1 aliphatic heterocycles. The van der Waals surface area contributed by atoms with Gasteiger partial charge in [-0.1, -0.05) is 36.4 Å². The summed E-state index contributed by atoms with van der Waals surface area (Å²) < 4.78 is 27.2. The van der Waals surface area contributed by atoms with Gasteiger partial charge in [-0.05, 0) is 36.8 Å². The fourth-order valence-corrected chi connectivity index (χ4v) is 5.07. The second-order valence-electron chi connectivity index (χ2n) is 7.82. The highest BCUT2D eigenvalue weighted by molar-refractivity contribution is 7.89. The topological polar surface area (TPSA) is 118 Å². The van der Waals surface area contributed by atoms with Gasteiger partial charge in [0.25, 0.3) is 0 Å². The zero-order valence-electron chi connectivity index (χ0n) is 18.4. The lowest BCUT2D eigenvalue weighted by Gasteiger charge is -2.33. The third-order valence-corrected chi connectivity index (χ3v) is 7.52. The molecule has 0 atom stereocenters. The van der Waals surface area contributed by atoms with E-state index in [1.54, 1.807) is 4.90 Å². The van der Waals surface area contributed by atoms with E-state index in [0.717, 1.165) is 11.1 Å². The first-order valence-electron chi connectivity index (χ1n) is 10.5. The van der Waals surface area contributed by atoms with E-state index in [9.17, 15) is 18.0 Å². The van der Waals surface area contributed by atoms with E-state index in [1.807, 2.05) is 31.2 Å². The number of piperazine rings is 1. The number of Topliss-reactive ketones (excluding diaryl/α,β-unsaturated/α-hetero) is 1. The maximum absolute atomic E-state index is 12.9. The Kier molecular flexibility index (Phi) is 6.34. The Hall–Kier alpha value is -3.44. The Morgan fingerprint density at radius 2 is 1.64 bits per heavy atom. The molecular weight excluding hydrogens is 444 g/mol. The number of tetrazole rings is 1. The van der Waals surface area contributed by atoms with E-state index in [-0.39, 0.29) is 49.3 Å². The van der Waals surface area contributed by atoms with Crippen LogP contribution in [0.15, 0.2) is 53.4 Å². The number of hydrogen-bond acceptors (Lipinski definition) is 7. The molecule has 0 bridgehead atoms. The lowest BCUT2D eigenvalue weighted by molar-refractivity contribution is -0.133. The van der Waals surface area contributed by atoms with Crippen molar-refractivity contribution in [1.82, 2.24) is 29.4 Å². The third kappa shape index (κ3) is 4.83. The van der Waals surface area contributed by atoms with Crippen molar-refractivity contribution in [3.8, 4) is 11.4 Å². The first kappa shape index (κ1) is 22.7. The van der Waals surface area contributed by atoms with Crippen molar-refractivity contribution >= 4 is 21.7 Å². The molecular formula is C22H24N6O4S. The number of rotatable bonds is 6. The van der Waals surface area contributed by atoms with Crippen molar-refractivity contribution in [3.63, 3.8) is 0 Å². The molecule has 0 aliphatic carbocycles. The van der Waals surface area contributed by atoms with Crippen LogP contribution in [0.5, 0.6) is 0 Å². The number of benzene rings is 2. The Bertz CT molecular complexity index is 1280. The van der Waals surface area contributed by atoms with Crippen molar-refractivity contribution in [1.29, 1.82) is 0 Å². The van der Waals surface area contributed by atoms with Gasteiger partial charge in [0.1, 0.15) is 6.54 Å². The first-order chi connectivity index (χ1) is 15.8. The minimum Gasteiger partial charge on any atom is -0.338 e. The van der Waals surface area contributed by atoms with Crippen LogP contribution in [0, 0.1) is 6.92 Å². The predicted octanol–water partition coefficient (Wildman–Crippen LogP) is 1.38. The Morgan fingerprint density at radius 3 is 2.27 bits per heavy atom. The fraction of sp³-hybridized carbons (Fsp3) is 0.318. The van der Waals surface area contributed by atoms with Crippen molar-refractivity contribution < 1.29 is 18.0 Å². The van der Waals surface area contributed by atoms with Crippen molar-refractivity contribution in [2.45, 2.75) is 25.3 Å². The Labute approximate surface area is 191 Å². The average molecular weight is 469 g/mol. The van der Waals surface area contributed by atoms with Gasteiger partial charge in [0.15, 0.2) is 5.78 Å². The summed E-state index contributed by atoms with van der Waals surface area (Å²) in [5.41, 5.74) is 2.32. The molecule has 11 heteroatoms. The van der Waals surface area contributed by atoms with Gasteiger partial charge in [0, 0.05) is 37.3 Å².